The van der Waals surface area contributed by atoms with Crippen molar-refractivity contribution in [3.8, 4) is 0 Å². The molecule has 1 aliphatic heterocycles. The van der Waals surface area contributed by atoms with Gasteiger partial charge in [-0.3, -0.25) is 0 Å². The molecular weight excluding hydrogens is 232 g/mol. The summed E-state index contributed by atoms with van der Waals surface area (Å²) >= 11 is 0. The van der Waals surface area contributed by atoms with Gasteiger partial charge in [0.2, 0.25) is 0 Å². The van der Waals surface area contributed by atoms with Crippen molar-refractivity contribution in [2.45, 2.75) is 78.3 Å². The number of nitrogens with one attached hydrogen (secondary N) is 2. The van der Waals surface area contributed by atoms with E-state index in [-0.39, 0.29) is 0 Å². The first-order chi connectivity index (χ1) is 9.00. The van der Waals surface area contributed by atoms with Gasteiger partial charge in [0, 0.05) is 18.6 Å². The highest BCUT2D eigenvalue weighted by Crippen LogP contribution is 2.32. The highest BCUT2D eigenvalue weighted by Gasteiger charge is 2.34. The standard InChI is InChI=1S/C17H34N2/c1-13(2)17(3,4)12-19-16-9-6-5-8-14(16)15-10-7-11-18-15/h13-16,18-19H,5-12H2,1-4H3. The topological polar surface area (TPSA) is 24.1 Å². The predicted molar refractivity (Wildman–Crippen MR) is 83.4 cm³/mol. The Morgan fingerprint density at radius 1 is 1.11 bits per heavy atom. The molecule has 0 aromatic heterocycles. The van der Waals surface area contributed by atoms with Crippen LogP contribution in [0.3, 0.4) is 0 Å². The minimum Gasteiger partial charge on any atom is -0.314 e. The van der Waals surface area contributed by atoms with E-state index in [0.29, 0.717) is 5.41 Å². The molecule has 112 valence electrons. The lowest BCUT2D eigenvalue weighted by Gasteiger charge is -2.39. The van der Waals surface area contributed by atoms with Crippen LogP contribution in [0.2, 0.25) is 0 Å². The molecule has 0 spiro atoms. The van der Waals surface area contributed by atoms with Crippen LogP contribution in [0.25, 0.3) is 0 Å². The third-order valence-corrected chi connectivity index (χ3v) is 5.82. The molecule has 2 rings (SSSR count). The molecule has 2 heteroatoms. The van der Waals surface area contributed by atoms with Crippen molar-refractivity contribution in [2.24, 2.45) is 17.3 Å². The molecule has 2 N–H and O–H groups in total. The Morgan fingerprint density at radius 3 is 2.47 bits per heavy atom. The summed E-state index contributed by atoms with van der Waals surface area (Å²) in [6.45, 7) is 11.9. The lowest BCUT2D eigenvalue weighted by molar-refractivity contribution is 0.171. The van der Waals surface area contributed by atoms with Crippen LogP contribution >= 0.6 is 0 Å². The average Bonchev–Trinajstić information content (AvgIpc) is 2.90. The molecule has 3 atom stereocenters. The maximum Gasteiger partial charge on any atom is 0.0111 e. The zero-order chi connectivity index (χ0) is 13.9. The van der Waals surface area contributed by atoms with Crippen LogP contribution in [-0.2, 0) is 0 Å². The second-order valence-electron chi connectivity index (χ2n) is 7.78. The Morgan fingerprint density at radius 2 is 1.84 bits per heavy atom. The molecule has 0 aromatic rings. The summed E-state index contributed by atoms with van der Waals surface area (Å²) in [4.78, 5) is 0. The highest BCUT2D eigenvalue weighted by atomic mass is 15.0. The van der Waals surface area contributed by atoms with Crippen molar-refractivity contribution in [1.29, 1.82) is 0 Å². The minimum absolute atomic E-state index is 0.408. The second-order valence-corrected chi connectivity index (χ2v) is 7.78. The molecule has 0 bridgehead atoms. The lowest BCUT2D eigenvalue weighted by atomic mass is 9.77. The number of hydrogen-bond donors (Lipinski definition) is 2. The van der Waals surface area contributed by atoms with Crippen molar-refractivity contribution < 1.29 is 0 Å². The fourth-order valence-corrected chi connectivity index (χ4v) is 3.57. The Labute approximate surface area is 120 Å². The van der Waals surface area contributed by atoms with E-state index < -0.39 is 0 Å². The quantitative estimate of drug-likeness (QED) is 0.795. The van der Waals surface area contributed by atoms with E-state index in [9.17, 15) is 0 Å². The molecular formula is C17H34N2. The van der Waals surface area contributed by atoms with Crippen LogP contribution in [0.4, 0.5) is 0 Å². The van der Waals surface area contributed by atoms with E-state index in [1.165, 1.54) is 51.6 Å². The number of rotatable bonds is 5. The van der Waals surface area contributed by atoms with Crippen LogP contribution in [0.1, 0.15) is 66.2 Å². The fraction of sp³-hybridized carbons (Fsp3) is 1.00. The van der Waals surface area contributed by atoms with E-state index >= 15 is 0 Å². The maximum atomic E-state index is 3.93. The van der Waals surface area contributed by atoms with Gasteiger partial charge in [-0.15, -0.1) is 0 Å². The molecule has 1 aliphatic carbocycles. The van der Waals surface area contributed by atoms with Gasteiger partial charge in [-0.05, 0) is 49.5 Å². The summed E-state index contributed by atoms with van der Waals surface area (Å²) in [5.74, 6) is 1.62. The van der Waals surface area contributed by atoms with Gasteiger partial charge in [0.15, 0.2) is 0 Å². The van der Waals surface area contributed by atoms with E-state index in [1.54, 1.807) is 0 Å². The van der Waals surface area contributed by atoms with Crippen molar-refractivity contribution in [3.05, 3.63) is 0 Å². The molecule has 2 fully saturated rings. The van der Waals surface area contributed by atoms with Crippen molar-refractivity contribution in [3.63, 3.8) is 0 Å². The van der Waals surface area contributed by atoms with Gasteiger partial charge in [-0.2, -0.15) is 0 Å². The monoisotopic (exact) mass is 266 g/mol. The third-order valence-electron chi connectivity index (χ3n) is 5.82. The van der Waals surface area contributed by atoms with Crippen LogP contribution in [0, 0.1) is 17.3 Å². The summed E-state index contributed by atoms with van der Waals surface area (Å²) in [7, 11) is 0. The van der Waals surface area contributed by atoms with E-state index in [2.05, 4.69) is 38.3 Å². The maximum absolute atomic E-state index is 3.93. The summed E-state index contributed by atoms with van der Waals surface area (Å²) < 4.78 is 0. The summed E-state index contributed by atoms with van der Waals surface area (Å²) in [5.41, 5.74) is 0.408. The summed E-state index contributed by atoms with van der Waals surface area (Å²) in [6, 6.07) is 1.54. The Bertz CT molecular complexity index is 266. The van der Waals surface area contributed by atoms with Gasteiger partial charge in [-0.25, -0.2) is 0 Å². The predicted octanol–water partition coefficient (Wildman–Crippen LogP) is 3.57. The molecule has 0 amide bonds. The smallest absolute Gasteiger partial charge is 0.0111 e. The van der Waals surface area contributed by atoms with Gasteiger partial charge in [0.25, 0.3) is 0 Å². The molecule has 1 heterocycles. The molecule has 1 saturated carbocycles. The second kappa shape index (κ2) is 6.58. The zero-order valence-corrected chi connectivity index (χ0v) is 13.5. The van der Waals surface area contributed by atoms with Gasteiger partial charge in [0.1, 0.15) is 0 Å². The summed E-state index contributed by atoms with van der Waals surface area (Å²) in [5, 5.41) is 7.67. The van der Waals surface area contributed by atoms with Gasteiger partial charge >= 0.3 is 0 Å². The molecule has 1 saturated heterocycles. The number of hydrogen-bond acceptors (Lipinski definition) is 2. The molecule has 3 unspecified atom stereocenters. The van der Waals surface area contributed by atoms with E-state index in [1.807, 2.05) is 0 Å². The minimum atomic E-state index is 0.408. The lowest BCUT2D eigenvalue weighted by Crippen LogP contribution is -2.49. The molecule has 2 aliphatic rings. The normalized spacial score (nSPS) is 33.0. The summed E-state index contributed by atoms with van der Waals surface area (Å²) in [6.07, 6.45) is 8.45. The van der Waals surface area contributed by atoms with Crippen molar-refractivity contribution in [2.75, 3.05) is 13.1 Å². The first-order valence-electron chi connectivity index (χ1n) is 8.47. The van der Waals surface area contributed by atoms with Crippen LogP contribution in [-0.4, -0.2) is 25.2 Å². The Balaban J connectivity index is 1.88. The average molecular weight is 266 g/mol. The third kappa shape index (κ3) is 3.95. The van der Waals surface area contributed by atoms with Crippen molar-refractivity contribution >= 4 is 0 Å². The Hall–Kier alpha value is -0.0800. The Kier molecular flexibility index (Phi) is 5.30. The van der Waals surface area contributed by atoms with E-state index in [4.69, 9.17) is 0 Å². The van der Waals surface area contributed by atoms with Gasteiger partial charge < -0.3 is 10.6 Å². The van der Waals surface area contributed by atoms with Crippen LogP contribution in [0.15, 0.2) is 0 Å². The van der Waals surface area contributed by atoms with Crippen molar-refractivity contribution in [1.82, 2.24) is 10.6 Å². The first-order valence-corrected chi connectivity index (χ1v) is 8.47. The van der Waals surface area contributed by atoms with Crippen LogP contribution in [0.5, 0.6) is 0 Å². The molecule has 19 heavy (non-hydrogen) atoms. The zero-order valence-electron chi connectivity index (χ0n) is 13.5. The van der Waals surface area contributed by atoms with E-state index in [0.717, 1.165) is 23.9 Å². The first kappa shape index (κ1) is 15.3. The largest absolute Gasteiger partial charge is 0.314 e. The van der Waals surface area contributed by atoms with Gasteiger partial charge in [0.05, 0.1) is 0 Å². The SMILES string of the molecule is CC(C)C(C)(C)CNC1CCCCC1C1CCCN1. The highest BCUT2D eigenvalue weighted by molar-refractivity contribution is 4.92. The molecule has 2 nitrogen and oxygen atoms in total. The van der Waals surface area contributed by atoms with Crippen LogP contribution < -0.4 is 10.6 Å². The van der Waals surface area contributed by atoms with Gasteiger partial charge in [-0.1, -0.05) is 40.5 Å². The fourth-order valence-electron chi connectivity index (χ4n) is 3.57. The molecule has 0 radical (unpaired) electrons. The molecule has 0 aromatic carbocycles.